The van der Waals surface area contributed by atoms with Crippen LogP contribution in [0.4, 0.5) is 0 Å². The van der Waals surface area contributed by atoms with Crippen molar-refractivity contribution < 1.29 is 4.79 Å². The molecule has 0 N–H and O–H groups in total. The second-order valence-corrected chi connectivity index (χ2v) is 3.56. The van der Waals surface area contributed by atoms with E-state index in [0.717, 1.165) is 31.6 Å². The fourth-order valence-electron chi connectivity index (χ4n) is 1.82. The van der Waals surface area contributed by atoms with Gasteiger partial charge in [0, 0.05) is 13.1 Å². The molecule has 1 saturated heterocycles. The van der Waals surface area contributed by atoms with Gasteiger partial charge in [0.1, 0.15) is 5.94 Å². The fourth-order valence-corrected chi connectivity index (χ4v) is 1.82. The van der Waals surface area contributed by atoms with Crippen LogP contribution in [0, 0.1) is 0 Å². The fraction of sp³-hybridized carbons (Fsp3) is 0.333. The Morgan fingerprint density at radius 3 is 2.79 bits per heavy atom. The molecule has 72 valence electrons. The van der Waals surface area contributed by atoms with Gasteiger partial charge in [-0.25, -0.2) is 4.79 Å². The number of nitrogens with zero attached hydrogens (tertiary/aromatic N) is 1. The third kappa shape index (κ3) is 1.86. The monoisotopic (exact) mass is 187 g/mol. The van der Waals surface area contributed by atoms with Gasteiger partial charge in [-0.1, -0.05) is 30.3 Å². The van der Waals surface area contributed by atoms with E-state index in [1.54, 1.807) is 0 Å². The van der Waals surface area contributed by atoms with Gasteiger partial charge in [-0.3, -0.25) is 0 Å². The number of allylic oxidation sites excluding steroid dienone is 1. The first-order chi connectivity index (χ1) is 6.90. The van der Waals surface area contributed by atoms with Crippen LogP contribution in [0.5, 0.6) is 0 Å². The van der Waals surface area contributed by atoms with E-state index < -0.39 is 0 Å². The van der Waals surface area contributed by atoms with E-state index >= 15 is 0 Å². The standard InChI is InChI=1S/C12H13NO/c14-10-12-7-4-8-13(12)9-11-5-2-1-3-6-11/h1-3,5-6H,4,7-9H2. The lowest BCUT2D eigenvalue weighted by Crippen LogP contribution is -2.17. The first-order valence-corrected chi connectivity index (χ1v) is 4.93. The third-order valence-electron chi connectivity index (χ3n) is 2.56. The summed E-state index contributed by atoms with van der Waals surface area (Å²) in [6.07, 6.45) is 1.97. The van der Waals surface area contributed by atoms with Crippen molar-refractivity contribution in [3.8, 4) is 0 Å². The molecule has 2 nitrogen and oxygen atoms in total. The van der Waals surface area contributed by atoms with Crippen molar-refractivity contribution in [1.82, 2.24) is 4.90 Å². The zero-order valence-corrected chi connectivity index (χ0v) is 8.07. The van der Waals surface area contributed by atoms with Crippen molar-refractivity contribution >= 4 is 5.94 Å². The molecule has 14 heavy (non-hydrogen) atoms. The summed E-state index contributed by atoms with van der Waals surface area (Å²) in [4.78, 5) is 12.7. The molecule has 0 spiro atoms. The lowest BCUT2D eigenvalue weighted by Gasteiger charge is -2.17. The number of hydrogen-bond donors (Lipinski definition) is 0. The zero-order chi connectivity index (χ0) is 9.80. The highest BCUT2D eigenvalue weighted by molar-refractivity contribution is 5.52. The highest BCUT2D eigenvalue weighted by Gasteiger charge is 2.17. The second-order valence-electron chi connectivity index (χ2n) is 3.56. The first kappa shape index (κ1) is 9.04. The minimum absolute atomic E-state index is 0.828. The van der Waals surface area contributed by atoms with Crippen molar-refractivity contribution in [3.63, 3.8) is 0 Å². The molecule has 0 aromatic heterocycles. The minimum Gasteiger partial charge on any atom is -0.362 e. The Balaban J connectivity index is 2.08. The number of likely N-dealkylation sites (tertiary alicyclic amines) is 1. The molecule has 0 amide bonds. The summed E-state index contributed by atoms with van der Waals surface area (Å²) in [5, 5.41) is 0. The normalized spacial score (nSPS) is 15.7. The quantitative estimate of drug-likeness (QED) is 0.660. The molecular weight excluding hydrogens is 174 g/mol. The molecular formula is C12H13NO. The van der Waals surface area contributed by atoms with Gasteiger partial charge >= 0.3 is 0 Å². The summed E-state index contributed by atoms with van der Waals surface area (Å²) in [7, 11) is 0. The van der Waals surface area contributed by atoms with E-state index in [9.17, 15) is 4.79 Å². The largest absolute Gasteiger partial charge is 0.362 e. The average Bonchev–Trinajstić information content (AvgIpc) is 2.67. The molecule has 0 atom stereocenters. The van der Waals surface area contributed by atoms with Crippen LogP contribution < -0.4 is 0 Å². The van der Waals surface area contributed by atoms with Gasteiger partial charge in [-0.2, -0.15) is 0 Å². The first-order valence-electron chi connectivity index (χ1n) is 4.93. The lowest BCUT2D eigenvalue weighted by molar-refractivity contribution is 0.387. The van der Waals surface area contributed by atoms with Gasteiger partial charge in [0.05, 0.1) is 5.70 Å². The molecule has 0 radical (unpaired) electrons. The smallest absolute Gasteiger partial charge is 0.145 e. The maximum Gasteiger partial charge on any atom is 0.145 e. The van der Waals surface area contributed by atoms with Crippen LogP contribution >= 0.6 is 0 Å². The molecule has 1 aromatic carbocycles. The molecule has 0 unspecified atom stereocenters. The van der Waals surface area contributed by atoms with Gasteiger partial charge < -0.3 is 4.90 Å². The second kappa shape index (κ2) is 4.12. The summed E-state index contributed by atoms with van der Waals surface area (Å²) >= 11 is 0. The van der Waals surface area contributed by atoms with Crippen molar-refractivity contribution in [1.29, 1.82) is 0 Å². The molecule has 0 aliphatic carbocycles. The average molecular weight is 187 g/mol. The van der Waals surface area contributed by atoms with E-state index in [2.05, 4.69) is 17.0 Å². The Labute approximate surface area is 83.8 Å². The van der Waals surface area contributed by atoms with E-state index in [0.29, 0.717) is 0 Å². The molecule has 2 rings (SSSR count). The summed E-state index contributed by atoms with van der Waals surface area (Å²) in [5.41, 5.74) is 2.08. The topological polar surface area (TPSA) is 20.3 Å². The summed E-state index contributed by atoms with van der Waals surface area (Å²) in [6, 6.07) is 10.2. The van der Waals surface area contributed by atoms with Crippen LogP contribution in [0.3, 0.4) is 0 Å². The molecule has 2 heteroatoms. The van der Waals surface area contributed by atoms with E-state index in [1.807, 2.05) is 24.1 Å². The maximum atomic E-state index is 10.6. The van der Waals surface area contributed by atoms with Crippen LogP contribution in [-0.2, 0) is 11.3 Å². The lowest BCUT2D eigenvalue weighted by atomic mass is 10.2. The van der Waals surface area contributed by atoms with Crippen molar-refractivity contribution in [2.24, 2.45) is 0 Å². The maximum absolute atomic E-state index is 10.6. The Kier molecular flexibility index (Phi) is 2.66. The summed E-state index contributed by atoms with van der Waals surface area (Å²) < 4.78 is 0. The number of carbonyl (C=O) groups excluding carboxylic acids is 1. The highest BCUT2D eigenvalue weighted by atomic mass is 16.1. The highest BCUT2D eigenvalue weighted by Crippen LogP contribution is 2.20. The SMILES string of the molecule is O=C=C1CCCN1Cc1ccccc1. The van der Waals surface area contributed by atoms with E-state index in [4.69, 9.17) is 0 Å². The zero-order valence-electron chi connectivity index (χ0n) is 8.07. The van der Waals surface area contributed by atoms with Crippen LogP contribution in [0.2, 0.25) is 0 Å². The molecule has 1 aliphatic heterocycles. The molecule has 1 aromatic rings. The third-order valence-corrected chi connectivity index (χ3v) is 2.56. The Morgan fingerprint density at radius 1 is 1.29 bits per heavy atom. The molecule has 1 aliphatic rings. The minimum atomic E-state index is 0.828. The van der Waals surface area contributed by atoms with E-state index in [-0.39, 0.29) is 0 Å². The Bertz CT molecular complexity index is 352. The van der Waals surface area contributed by atoms with Gasteiger partial charge in [0.15, 0.2) is 0 Å². The molecule has 0 saturated carbocycles. The number of hydrogen-bond acceptors (Lipinski definition) is 2. The van der Waals surface area contributed by atoms with Crippen molar-refractivity contribution in [2.45, 2.75) is 19.4 Å². The van der Waals surface area contributed by atoms with Crippen LogP contribution in [0.15, 0.2) is 36.0 Å². The van der Waals surface area contributed by atoms with Crippen LogP contribution in [0.25, 0.3) is 0 Å². The predicted molar refractivity (Wildman–Crippen MR) is 55.3 cm³/mol. The number of benzene rings is 1. The van der Waals surface area contributed by atoms with E-state index in [1.165, 1.54) is 5.56 Å². The van der Waals surface area contributed by atoms with Crippen LogP contribution in [-0.4, -0.2) is 17.4 Å². The molecule has 1 fully saturated rings. The predicted octanol–water partition coefficient (Wildman–Crippen LogP) is 2.00. The van der Waals surface area contributed by atoms with Gasteiger partial charge in [-0.05, 0) is 18.4 Å². The number of rotatable bonds is 2. The summed E-state index contributed by atoms with van der Waals surface area (Å²) in [6.45, 7) is 1.82. The molecule has 0 bridgehead atoms. The van der Waals surface area contributed by atoms with Crippen molar-refractivity contribution in [2.75, 3.05) is 6.54 Å². The summed E-state index contributed by atoms with van der Waals surface area (Å²) in [5.74, 6) is 2.03. The van der Waals surface area contributed by atoms with Gasteiger partial charge in [0.2, 0.25) is 0 Å². The van der Waals surface area contributed by atoms with Gasteiger partial charge in [-0.15, -0.1) is 0 Å². The Morgan fingerprint density at radius 2 is 2.07 bits per heavy atom. The Hall–Kier alpha value is -1.53. The van der Waals surface area contributed by atoms with Crippen LogP contribution in [0.1, 0.15) is 18.4 Å². The van der Waals surface area contributed by atoms with Gasteiger partial charge in [0.25, 0.3) is 0 Å². The van der Waals surface area contributed by atoms with Crippen molar-refractivity contribution in [3.05, 3.63) is 41.6 Å². The molecule has 1 heterocycles.